The third-order valence-electron chi connectivity index (χ3n) is 4.74. The molecule has 30 heavy (non-hydrogen) atoms. The highest BCUT2D eigenvalue weighted by molar-refractivity contribution is 7.92. The van der Waals surface area contributed by atoms with Crippen LogP contribution in [0.2, 0.25) is 0 Å². The summed E-state index contributed by atoms with van der Waals surface area (Å²) in [4.78, 5) is 25.4. The van der Waals surface area contributed by atoms with Crippen LogP contribution < -0.4 is 15.4 Å². The van der Waals surface area contributed by atoms with Gasteiger partial charge in [-0.3, -0.25) is 9.52 Å². The monoisotopic (exact) mass is 430 g/mol. The minimum atomic E-state index is -3.81. The van der Waals surface area contributed by atoms with Gasteiger partial charge in [0.15, 0.2) is 0 Å². The highest BCUT2D eigenvalue weighted by atomic mass is 32.2. The van der Waals surface area contributed by atoms with Gasteiger partial charge in [0.2, 0.25) is 5.91 Å². The lowest BCUT2D eigenvalue weighted by Crippen LogP contribution is -2.35. The molecule has 0 spiro atoms. The Morgan fingerprint density at radius 2 is 1.47 bits per heavy atom. The fourth-order valence-electron chi connectivity index (χ4n) is 3.27. The molecule has 1 aliphatic heterocycles. The van der Waals surface area contributed by atoms with Crippen LogP contribution in [-0.2, 0) is 14.8 Å². The summed E-state index contributed by atoms with van der Waals surface area (Å²) in [5.41, 5.74) is 1.37. The fraction of sp³-hybridized carbons (Fsp3) is 0.333. The number of likely N-dealkylation sites (tertiary alicyclic amines) is 1. The van der Waals surface area contributed by atoms with Gasteiger partial charge in [0.25, 0.3) is 10.0 Å². The fourth-order valence-corrected chi connectivity index (χ4v) is 4.32. The van der Waals surface area contributed by atoms with E-state index in [1.165, 1.54) is 25.1 Å². The average molecular weight is 431 g/mol. The summed E-state index contributed by atoms with van der Waals surface area (Å²) in [6.45, 7) is 2.85. The summed E-state index contributed by atoms with van der Waals surface area (Å²) in [5.74, 6) is -0.243. The van der Waals surface area contributed by atoms with Gasteiger partial charge in [0, 0.05) is 31.4 Å². The van der Waals surface area contributed by atoms with Crippen molar-refractivity contribution in [2.75, 3.05) is 28.4 Å². The van der Waals surface area contributed by atoms with Crippen molar-refractivity contribution in [3.05, 3.63) is 48.5 Å². The van der Waals surface area contributed by atoms with Gasteiger partial charge < -0.3 is 15.5 Å². The number of sulfonamides is 1. The van der Waals surface area contributed by atoms with Crippen molar-refractivity contribution in [1.82, 2.24) is 4.90 Å². The second-order valence-electron chi connectivity index (χ2n) is 7.22. The van der Waals surface area contributed by atoms with Gasteiger partial charge in [0.1, 0.15) is 0 Å². The number of amides is 3. The lowest BCUT2D eigenvalue weighted by Gasteiger charge is -2.20. The van der Waals surface area contributed by atoms with E-state index in [-0.39, 0.29) is 16.8 Å². The predicted molar refractivity (Wildman–Crippen MR) is 117 cm³/mol. The summed E-state index contributed by atoms with van der Waals surface area (Å²) in [7, 11) is -3.81. The number of hydrogen-bond acceptors (Lipinski definition) is 4. The molecule has 0 atom stereocenters. The molecule has 1 heterocycles. The quantitative estimate of drug-likeness (QED) is 0.669. The highest BCUT2D eigenvalue weighted by Crippen LogP contribution is 2.21. The van der Waals surface area contributed by atoms with E-state index in [9.17, 15) is 18.0 Å². The van der Waals surface area contributed by atoms with E-state index in [2.05, 4.69) is 15.4 Å². The van der Waals surface area contributed by atoms with E-state index >= 15 is 0 Å². The maximum Gasteiger partial charge on any atom is 0.321 e. The number of carbonyl (C=O) groups excluding carboxylic acids is 2. The Kier molecular flexibility index (Phi) is 6.94. The molecule has 1 aliphatic rings. The first-order valence-corrected chi connectivity index (χ1v) is 11.4. The Bertz CT molecular complexity index is 998. The number of benzene rings is 2. The molecule has 2 aromatic carbocycles. The molecule has 0 aromatic heterocycles. The Morgan fingerprint density at radius 1 is 0.833 bits per heavy atom. The Hall–Kier alpha value is -3.07. The molecular formula is C21H26N4O4S. The number of carbonyl (C=O) groups is 2. The van der Waals surface area contributed by atoms with Gasteiger partial charge in [-0.2, -0.15) is 0 Å². The van der Waals surface area contributed by atoms with Gasteiger partial charge in [-0.05, 0) is 55.3 Å². The summed E-state index contributed by atoms with van der Waals surface area (Å²) in [6, 6.07) is 12.3. The van der Waals surface area contributed by atoms with E-state index in [0.29, 0.717) is 17.1 Å². The van der Waals surface area contributed by atoms with Crippen molar-refractivity contribution >= 4 is 39.0 Å². The lowest BCUT2D eigenvalue weighted by atomic mass is 10.2. The summed E-state index contributed by atoms with van der Waals surface area (Å²) < 4.78 is 27.8. The van der Waals surface area contributed by atoms with Crippen molar-refractivity contribution in [3.63, 3.8) is 0 Å². The first kappa shape index (κ1) is 21.6. The Balaban J connectivity index is 1.66. The zero-order valence-corrected chi connectivity index (χ0v) is 17.7. The summed E-state index contributed by atoms with van der Waals surface area (Å²) >= 11 is 0. The number of nitrogens with one attached hydrogen (secondary N) is 3. The zero-order chi connectivity index (χ0) is 21.6. The molecular weight excluding hydrogens is 404 g/mol. The molecule has 0 bridgehead atoms. The van der Waals surface area contributed by atoms with E-state index in [1.54, 1.807) is 35.2 Å². The number of rotatable bonds is 5. The number of nitrogens with zero attached hydrogens (tertiary/aromatic N) is 1. The van der Waals surface area contributed by atoms with Crippen LogP contribution in [0.3, 0.4) is 0 Å². The van der Waals surface area contributed by atoms with E-state index in [0.717, 1.165) is 38.8 Å². The third-order valence-corrected chi connectivity index (χ3v) is 6.14. The lowest BCUT2D eigenvalue weighted by molar-refractivity contribution is -0.114. The van der Waals surface area contributed by atoms with Crippen LogP contribution in [0.25, 0.3) is 0 Å². The van der Waals surface area contributed by atoms with Crippen molar-refractivity contribution < 1.29 is 18.0 Å². The molecule has 1 saturated heterocycles. The first-order valence-electron chi connectivity index (χ1n) is 9.90. The van der Waals surface area contributed by atoms with Crippen LogP contribution in [0, 0.1) is 0 Å². The summed E-state index contributed by atoms with van der Waals surface area (Å²) in [6.07, 6.45) is 4.27. The van der Waals surface area contributed by atoms with Gasteiger partial charge >= 0.3 is 6.03 Å². The van der Waals surface area contributed by atoms with E-state index in [4.69, 9.17) is 0 Å². The molecule has 0 radical (unpaired) electrons. The number of hydrogen-bond donors (Lipinski definition) is 3. The Labute approximate surface area is 176 Å². The second-order valence-corrected chi connectivity index (χ2v) is 8.91. The largest absolute Gasteiger partial charge is 0.326 e. The molecule has 0 saturated carbocycles. The van der Waals surface area contributed by atoms with Gasteiger partial charge in [-0.1, -0.05) is 18.9 Å². The molecule has 1 fully saturated rings. The molecule has 9 heteroatoms. The zero-order valence-electron chi connectivity index (χ0n) is 16.8. The molecule has 160 valence electrons. The van der Waals surface area contributed by atoms with Crippen molar-refractivity contribution in [1.29, 1.82) is 0 Å². The molecule has 3 rings (SSSR count). The Morgan fingerprint density at radius 3 is 2.10 bits per heavy atom. The van der Waals surface area contributed by atoms with E-state index in [1.807, 2.05) is 0 Å². The molecule has 0 unspecified atom stereocenters. The van der Waals surface area contributed by atoms with Crippen LogP contribution in [0.4, 0.5) is 21.9 Å². The SMILES string of the molecule is CC(=O)Nc1cccc(NS(=O)(=O)c2ccc(NC(=O)N3CCCCCC3)cc2)c1. The molecule has 2 aromatic rings. The first-order chi connectivity index (χ1) is 14.3. The number of anilines is 3. The second kappa shape index (κ2) is 9.62. The molecule has 8 nitrogen and oxygen atoms in total. The van der Waals surface area contributed by atoms with Gasteiger partial charge in [-0.15, -0.1) is 0 Å². The van der Waals surface area contributed by atoms with Gasteiger partial charge in [-0.25, -0.2) is 13.2 Å². The van der Waals surface area contributed by atoms with Crippen LogP contribution in [0.5, 0.6) is 0 Å². The maximum atomic E-state index is 12.7. The van der Waals surface area contributed by atoms with E-state index < -0.39 is 10.0 Å². The minimum Gasteiger partial charge on any atom is -0.326 e. The number of urea groups is 1. The van der Waals surface area contributed by atoms with Crippen LogP contribution in [0.15, 0.2) is 53.4 Å². The third kappa shape index (κ3) is 5.96. The standard InChI is InChI=1S/C21H26N4O4S/c1-16(26)22-18-7-6-8-19(15-18)24-30(28,29)20-11-9-17(10-12-20)23-21(27)25-13-4-2-3-5-14-25/h6-12,15,24H,2-5,13-14H2,1H3,(H,22,26)(H,23,27). The van der Waals surface area contributed by atoms with Crippen LogP contribution >= 0.6 is 0 Å². The van der Waals surface area contributed by atoms with Crippen molar-refractivity contribution in [2.24, 2.45) is 0 Å². The highest BCUT2D eigenvalue weighted by Gasteiger charge is 2.17. The normalized spacial score (nSPS) is 14.5. The van der Waals surface area contributed by atoms with Crippen LogP contribution in [0.1, 0.15) is 32.6 Å². The smallest absolute Gasteiger partial charge is 0.321 e. The van der Waals surface area contributed by atoms with Crippen LogP contribution in [-0.4, -0.2) is 38.3 Å². The van der Waals surface area contributed by atoms with Gasteiger partial charge in [0.05, 0.1) is 10.6 Å². The topological polar surface area (TPSA) is 108 Å². The van der Waals surface area contributed by atoms with Crippen molar-refractivity contribution in [3.8, 4) is 0 Å². The average Bonchev–Trinajstić information content (AvgIpc) is 2.97. The predicted octanol–water partition coefficient (Wildman–Crippen LogP) is 3.85. The maximum absolute atomic E-state index is 12.7. The minimum absolute atomic E-state index is 0.0696. The molecule has 0 aliphatic carbocycles. The van der Waals surface area contributed by atoms with Crippen molar-refractivity contribution in [2.45, 2.75) is 37.5 Å². The molecule has 3 N–H and O–H groups in total. The summed E-state index contributed by atoms with van der Waals surface area (Å²) in [5, 5.41) is 5.43. The molecule has 3 amide bonds.